The van der Waals surface area contributed by atoms with Crippen molar-refractivity contribution >= 4 is 17.8 Å². The Morgan fingerprint density at radius 2 is 1.89 bits per heavy atom. The molecule has 4 rings (SSSR count). The number of aromatic nitrogens is 4. The van der Waals surface area contributed by atoms with E-state index >= 15 is 0 Å². The number of anilines is 1. The molecule has 38 heavy (non-hydrogen) atoms. The van der Waals surface area contributed by atoms with E-state index in [1.165, 1.54) is 5.56 Å². The van der Waals surface area contributed by atoms with Crippen LogP contribution in [0.2, 0.25) is 0 Å². The number of nitrogens with one attached hydrogen (secondary N) is 2. The summed E-state index contributed by atoms with van der Waals surface area (Å²) in [6, 6.07) is 9.78. The number of aryl methyl sites for hydroxylation is 1. The monoisotopic (exact) mass is 518 g/mol. The number of hydrogen-bond acceptors (Lipinski definition) is 6. The molecule has 1 aliphatic heterocycles. The van der Waals surface area contributed by atoms with Crippen molar-refractivity contribution in [3.63, 3.8) is 0 Å². The maximum Gasteiger partial charge on any atom is 0.317 e. The van der Waals surface area contributed by atoms with Crippen molar-refractivity contribution in [2.75, 3.05) is 31.1 Å². The molecule has 3 heterocycles. The van der Waals surface area contributed by atoms with Crippen molar-refractivity contribution in [3.8, 4) is 5.95 Å². The molecule has 0 saturated carbocycles. The zero-order chi connectivity index (χ0) is 27.1. The van der Waals surface area contributed by atoms with Crippen molar-refractivity contribution in [2.24, 2.45) is 0 Å². The summed E-state index contributed by atoms with van der Waals surface area (Å²) < 4.78 is 1.78. The molecule has 3 amide bonds. The van der Waals surface area contributed by atoms with Crippen LogP contribution in [0.1, 0.15) is 56.4 Å². The first kappa shape index (κ1) is 27.1. The molecule has 2 aromatic heterocycles. The quantitative estimate of drug-likeness (QED) is 0.450. The molecule has 1 atom stereocenters. The van der Waals surface area contributed by atoms with Crippen LogP contribution < -0.4 is 15.5 Å². The minimum atomic E-state index is -0.236. The molecule has 1 saturated heterocycles. The first-order valence-electron chi connectivity index (χ1n) is 13.3. The Morgan fingerprint density at radius 1 is 1.11 bits per heavy atom. The number of rotatable bonds is 9. The highest BCUT2D eigenvalue weighted by molar-refractivity contribution is 5.78. The lowest BCUT2D eigenvalue weighted by molar-refractivity contribution is -0.121. The zero-order valence-electron chi connectivity index (χ0n) is 22.7. The third-order valence-electron chi connectivity index (χ3n) is 6.67. The number of piperazine rings is 1. The number of carbonyl (C=O) groups excluding carboxylic acids is 2. The molecule has 3 aromatic rings. The van der Waals surface area contributed by atoms with E-state index in [9.17, 15) is 9.59 Å². The summed E-state index contributed by atoms with van der Waals surface area (Å²) in [5.74, 6) is 1.41. The Labute approximate surface area is 224 Å². The smallest absolute Gasteiger partial charge is 0.317 e. The van der Waals surface area contributed by atoms with Gasteiger partial charge in [0.2, 0.25) is 11.9 Å². The second-order valence-electron chi connectivity index (χ2n) is 10.1. The number of amides is 3. The molecule has 1 unspecified atom stereocenters. The molecule has 1 aromatic carbocycles. The van der Waals surface area contributed by atoms with E-state index in [4.69, 9.17) is 9.97 Å². The highest BCUT2D eigenvalue weighted by atomic mass is 16.2. The van der Waals surface area contributed by atoms with Crippen molar-refractivity contribution in [1.82, 2.24) is 35.1 Å². The van der Waals surface area contributed by atoms with Gasteiger partial charge in [0.25, 0.3) is 0 Å². The molecule has 10 nitrogen and oxygen atoms in total. The molecule has 1 fully saturated rings. The van der Waals surface area contributed by atoms with E-state index < -0.39 is 0 Å². The Balaban J connectivity index is 1.56. The second kappa shape index (κ2) is 12.5. The van der Waals surface area contributed by atoms with Gasteiger partial charge < -0.3 is 20.4 Å². The van der Waals surface area contributed by atoms with Gasteiger partial charge in [0.15, 0.2) is 0 Å². The standard InChI is InChI=1S/C28H38N8O2/c1-5-10-30-28(38)34-13-14-36(23(18-34)15-26(37)31-17-22-8-6-21(4)7-9-22)25-16-24(20(2)3)32-27(33-25)35-12-11-29-19-35/h6-9,11-12,16,19-20,23H,5,10,13-15,17-18H2,1-4H3,(H,30,38)(H,31,37). The van der Waals surface area contributed by atoms with Gasteiger partial charge in [-0.3, -0.25) is 9.36 Å². The lowest BCUT2D eigenvalue weighted by atomic mass is 10.1. The predicted molar refractivity (Wildman–Crippen MR) is 147 cm³/mol. The Kier molecular flexibility index (Phi) is 8.93. The zero-order valence-corrected chi connectivity index (χ0v) is 22.7. The number of urea groups is 1. The molecule has 202 valence electrons. The first-order chi connectivity index (χ1) is 18.3. The molecule has 0 spiro atoms. The van der Waals surface area contributed by atoms with Crippen LogP contribution in [0.25, 0.3) is 5.95 Å². The van der Waals surface area contributed by atoms with Gasteiger partial charge in [0, 0.05) is 57.6 Å². The van der Waals surface area contributed by atoms with Gasteiger partial charge in [0.05, 0.1) is 11.7 Å². The van der Waals surface area contributed by atoms with Crippen LogP contribution in [-0.4, -0.2) is 68.6 Å². The molecular weight excluding hydrogens is 480 g/mol. The van der Waals surface area contributed by atoms with Crippen molar-refractivity contribution in [3.05, 3.63) is 65.9 Å². The topological polar surface area (TPSA) is 108 Å². The van der Waals surface area contributed by atoms with Gasteiger partial charge in [-0.15, -0.1) is 0 Å². The van der Waals surface area contributed by atoms with Crippen LogP contribution in [-0.2, 0) is 11.3 Å². The van der Waals surface area contributed by atoms with Crippen LogP contribution in [0, 0.1) is 6.92 Å². The van der Waals surface area contributed by atoms with Gasteiger partial charge in [-0.05, 0) is 24.8 Å². The van der Waals surface area contributed by atoms with Crippen LogP contribution >= 0.6 is 0 Å². The summed E-state index contributed by atoms with van der Waals surface area (Å²) in [6.45, 7) is 10.9. The number of nitrogens with zero attached hydrogens (tertiary/aromatic N) is 6. The number of carbonyl (C=O) groups is 2. The third kappa shape index (κ3) is 6.87. The van der Waals surface area contributed by atoms with E-state index in [1.54, 1.807) is 22.0 Å². The Morgan fingerprint density at radius 3 is 2.58 bits per heavy atom. The van der Waals surface area contributed by atoms with Crippen LogP contribution in [0.15, 0.2) is 49.1 Å². The SMILES string of the molecule is CCCNC(=O)N1CCN(c2cc(C(C)C)nc(-n3ccnc3)n2)C(CC(=O)NCc2ccc(C)cc2)C1. The van der Waals surface area contributed by atoms with Gasteiger partial charge in [-0.1, -0.05) is 50.6 Å². The van der Waals surface area contributed by atoms with Crippen LogP contribution in [0.3, 0.4) is 0 Å². The van der Waals surface area contributed by atoms with Crippen LogP contribution in [0.5, 0.6) is 0 Å². The van der Waals surface area contributed by atoms with Gasteiger partial charge in [0.1, 0.15) is 12.1 Å². The fourth-order valence-corrected chi connectivity index (χ4v) is 4.43. The summed E-state index contributed by atoms with van der Waals surface area (Å²) in [4.78, 5) is 43.5. The summed E-state index contributed by atoms with van der Waals surface area (Å²) in [5.41, 5.74) is 3.14. The lowest BCUT2D eigenvalue weighted by Gasteiger charge is -2.42. The van der Waals surface area contributed by atoms with Crippen molar-refractivity contribution in [2.45, 2.75) is 59.0 Å². The van der Waals surface area contributed by atoms with E-state index in [1.807, 2.05) is 50.4 Å². The third-order valence-corrected chi connectivity index (χ3v) is 6.67. The maximum absolute atomic E-state index is 13.1. The summed E-state index contributed by atoms with van der Waals surface area (Å²) in [5, 5.41) is 6.02. The Bertz CT molecular complexity index is 1210. The van der Waals surface area contributed by atoms with E-state index in [-0.39, 0.29) is 30.3 Å². The minimum Gasteiger partial charge on any atom is -0.352 e. The molecule has 0 aliphatic carbocycles. The second-order valence-corrected chi connectivity index (χ2v) is 10.1. The fraction of sp³-hybridized carbons (Fsp3) is 0.464. The molecular formula is C28H38N8O2. The van der Waals surface area contributed by atoms with Crippen molar-refractivity contribution < 1.29 is 9.59 Å². The number of imidazole rings is 1. The van der Waals surface area contributed by atoms with Crippen LogP contribution in [0.4, 0.5) is 10.6 Å². The maximum atomic E-state index is 13.1. The summed E-state index contributed by atoms with van der Waals surface area (Å²) >= 11 is 0. The lowest BCUT2D eigenvalue weighted by Crippen LogP contribution is -2.58. The summed E-state index contributed by atoms with van der Waals surface area (Å²) in [6.07, 6.45) is 6.29. The first-order valence-corrected chi connectivity index (χ1v) is 13.3. The number of hydrogen-bond donors (Lipinski definition) is 2. The van der Waals surface area contributed by atoms with Gasteiger partial charge in [-0.2, -0.15) is 4.98 Å². The summed E-state index contributed by atoms with van der Waals surface area (Å²) in [7, 11) is 0. The minimum absolute atomic E-state index is 0.0654. The van der Waals surface area contributed by atoms with Crippen molar-refractivity contribution in [1.29, 1.82) is 0 Å². The molecule has 0 radical (unpaired) electrons. The normalized spacial score (nSPS) is 15.6. The predicted octanol–water partition coefficient (Wildman–Crippen LogP) is 3.41. The van der Waals surface area contributed by atoms with Gasteiger partial charge >= 0.3 is 6.03 Å². The molecule has 1 aliphatic rings. The van der Waals surface area contributed by atoms with E-state index in [0.29, 0.717) is 38.7 Å². The highest BCUT2D eigenvalue weighted by Crippen LogP contribution is 2.25. The molecule has 2 N–H and O–H groups in total. The molecule has 10 heteroatoms. The fourth-order valence-electron chi connectivity index (χ4n) is 4.43. The van der Waals surface area contributed by atoms with E-state index in [0.717, 1.165) is 23.5 Å². The highest BCUT2D eigenvalue weighted by Gasteiger charge is 2.32. The molecule has 0 bridgehead atoms. The average Bonchev–Trinajstić information content (AvgIpc) is 3.46. The number of benzene rings is 1. The average molecular weight is 519 g/mol. The Hall–Kier alpha value is -3.95. The van der Waals surface area contributed by atoms with Gasteiger partial charge in [-0.25, -0.2) is 14.8 Å². The van der Waals surface area contributed by atoms with E-state index in [2.05, 4.69) is 34.4 Å². The largest absolute Gasteiger partial charge is 0.352 e.